The van der Waals surface area contributed by atoms with Gasteiger partial charge in [0.1, 0.15) is 5.82 Å². The van der Waals surface area contributed by atoms with Gasteiger partial charge in [0.05, 0.1) is 6.54 Å². The normalized spacial score (nSPS) is 19.7. The molecular weight excluding hydrogens is 281 g/mol. The number of hydrogen-bond donors (Lipinski definition) is 3. The van der Waals surface area contributed by atoms with Crippen molar-refractivity contribution in [3.8, 4) is 0 Å². The molecule has 4 nitrogen and oxygen atoms in total. The van der Waals surface area contributed by atoms with Crippen molar-refractivity contribution in [2.75, 3.05) is 17.6 Å². The minimum Gasteiger partial charge on any atom is -0.399 e. The predicted octanol–water partition coefficient (Wildman–Crippen LogP) is 2.49. The Morgan fingerprint density at radius 1 is 1.23 bits per heavy atom. The van der Waals surface area contributed by atoms with Crippen molar-refractivity contribution < 1.29 is 9.18 Å². The third-order valence-corrected chi connectivity index (χ3v) is 3.78. The first-order valence-electron chi connectivity index (χ1n) is 7.26. The molecule has 2 atom stereocenters. The van der Waals surface area contributed by atoms with Crippen molar-refractivity contribution in [3.63, 3.8) is 0 Å². The second-order valence-corrected chi connectivity index (χ2v) is 5.55. The molecule has 0 spiro atoms. The standard InChI is InChI=1S/C17H18FN3O/c18-12-6-4-11(5-7-12)15-9-16(15)20-10-17(22)21-14-3-1-2-13(19)8-14/h1-8,15-16,20H,9-10,19H2,(H,21,22). The Balaban J connectivity index is 1.46. The van der Waals surface area contributed by atoms with E-state index in [4.69, 9.17) is 5.73 Å². The van der Waals surface area contributed by atoms with Crippen molar-refractivity contribution >= 4 is 17.3 Å². The smallest absolute Gasteiger partial charge is 0.238 e. The van der Waals surface area contributed by atoms with Crippen LogP contribution < -0.4 is 16.4 Å². The Labute approximate surface area is 128 Å². The van der Waals surface area contributed by atoms with Crippen LogP contribution in [0.3, 0.4) is 0 Å². The molecule has 0 heterocycles. The van der Waals surface area contributed by atoms with Gasteiger partial charge < -0.3 is 16.4 Å². The number of halogens is 1. The molecule has 0 aliphatic heterocycles. The molecule has 0 saturated heterocycles. The molecule has 0 radical (unpaired) electrons. The zero-order chi connectivity index (χ0) is 15.5. The fraction of sp³-hybridized carbons (Fsp3) is 0.235. The van der Waals surface area contributed by atoms with E-state index in [2.05, 4.69) is 10.6 Å². The average Bonchev–Trinajstić information content (AvgIpc) is 3.25. The van der Waals surface area contributed by atoms with Gasteiger partial charge in [0.2, 0.25) is 5.91 Å². The van der Waals surface area contributed by atoms with Crippen molar-refractivity contribution in [2.45, 2.75) is 18.4 Å². The van der Waals surface area contributed by atoms with Crippen molar-refractivity contribution in [3.05, 3.63) is 59.9 Å². The van der Waals surface area contributed by atoms with Crippen LogP contribution in [-0.4, -0.2) is 18.5 Å². The van der Waals surface area contributed by atoms with Gasteiger partial charge >= 0.3 is 0 Å². The molecule has 3 rings (SSSR count). The van der Waals surface area contributed by atoms with E-state index in [1.165, 1.54) is 12.1 Å². The van der Waals surface area contributed by atoms with Crippen LogP contribution >= 0.6 is 0 Å². The first-order valence-corrected chi connectivity index (χ1v) is 7.26. The van der Waals surface area contributed by atoms with Crippen LogP contribution in [0, 0.1) is 5.82 Å². The van der Waals surface area contributed by atoms with Gasteiger partial charge in [-0.2, -0.15) is 0 Å². The second kappa shape index (κ2) is 6.15. The molecule has 1 amide bonds. The highest BCUT2D eigenvalue weighted by molar-refractivity contribution is 5.92. The summed E-state index contributed by atoms with van der Waals surface area (Å²) in [6.07, 6.45) is 0.969. The molecule has 5 heteroatoms. The highest BCUT2D eigenvalue weighted by Crippen LogP contribution is 2.40. The number of nitrogens with one attached hydrogen (secondary N) is 2. The molecule has 1 aliphatic carbocycles. The van der Waals surface area contributed by atoms with Crippen molar-refractivity contribution in [1.82, 2.24) is 5.32 Å². The first kappa shape index (κ1) is 14.5. The summed E-state index contributed by atoms with van der Waals surface area (Å²) in [5, 5.41) is 6.01. The molecule has 2 aromatic rings. The molecule has 0 aromatic heterocycles. The number of carbonyl (C=O) groups is 1. The van der Waals surface area contributed by atoms with Crippen LogP contribution in [0.15, 0.2) is 48.5 Å². The third-order valence-electron chi connectivity index (χ3n) is 3.78. The van der Waals surface area contributed by atoms with E-state index in [0.717, 1.165) is 12.0 Å². The monoisotopic (exact) mass is 299 g/mol. The lowest BCUT2D eigenvalue weighted by molar-refractivity contribution is -0.115. The number of benzene rings is 2. The van der Waals surface area contributed by atoms with Gasteiger partial charge in [0.25, 0.3) is 0 Å². The molecule has 1 aliphatic rings. The number of carbonyl (C=O) groups excluding carboxylic acids is 1. The van der Waals surface area contributed by atoms with Crippen molar-refractivity contribution in [1.29, 1.82) is 0 Å². The van der Waals surface area contributed by atoms with E-state index >= 15 is 0 Å². The maximum atomic E-state index is 12.9. The maximum Gasteiger partial charge on any atom is 0.238 e. The summed E-state index contributed by atoms with van der Waals surface area (Å²) in [6.45, 7) is 0.247. The number of amides is 1. The Hall–Kier alpha value is -2.40. The van der Waals surface area contributed by atoms with E-state index in [1.54, 1.807) is 36.4 Å². The third kappa shape index (κ3) is 3.62. The van der Waals surface area contributed by atoms with E-state index in [1.807, 2.05) is 0 Å². The molecular formula is C17H18FN3O. The molecule has 1 fully saturated rings. The number of nitrogens with two attached hydrogens (primary N) is 1. The number of anilines is 2. The molecule has 0 bridgehead atoms. The van der Waals surface area contributed by atoms with Gasteiger partial charge in [0, 0.05) is 23.3 Å². The topological polar surface area (TPSA) is 67.1 Å². The van der Waals surface area contributed by atoms with Gasteiger partial charge in [-0.3, -0.25) is 4.79 Å². The zero-order valence-corrected chi connectivity index (χ0v) is 12.1. The highest BCUT2D eigenvalue weighted by Gasteiger charge is 2.38. The summed E-state index contributed by atoms with van der Waals surface area (Å²) in [5.74, 6) is 0.0338. The largest absolute Gasteiger partial charge is 0.399 e. The Bertz CT molecular complexity index is 672. The Kier molecular flexibility index (Phi) is 4.06. The van der Waals surface area contributed by atoms with E-state index in [0.29, 0.717) is 17.3 Å². The second-order valence-electron chi connectivity index (χ2n) is 5.55. The highest BCUT2D eigenvalue weighted by atomic mass is 19.1. The summed E-state index contributed by atoms with van der Waals surface area (Å²) in [4.78, 5) is 11.9. The van der Waals surface area contributed by atoms with Gasteiger partial charge in [-0.25, -0.2) is 4.39 Å². The van der Waals surface area contributed by atoms with Gasteiger partial charge in [0.15, 0.2) is 0 Å². The summed E-state index contributed by atoms with van der Waals surface area (Å²) in [6, 6.07) is 13.9. The summed E-state index contributed by atoms with van der Waals surface area (Å²) >= 11 is 0. The van der Waals surface area contributed by atoms with Crippen LogP contribution in [0.1, 0.15) is 17.9 Å². The van der Waals surface area contributed by atoms with Crippen LogP contribution in [0.25, 0.3) is 0 Å². The van der Waals surface area contributed by atoms with E-state index in [-0.39, 0.29) is 24.3 Å². The molecule has 2 unspecified atom stereocenters. The average molecular weight is 299 g/mol. The van der Waals surface area contributed by atoms with Crippen molar-refractivity contribution in [2.24, 2.45) is 0 Å². The summed E-state index contributed by atoms with van der Waals surface area (Å²) in [5.41, 5.74) is 8.08. The predicted molar refractivity (Wildman–Crippen MR) is 85.0 cm³/mol. The van der Waals surface area contributed by atoms with Crippen LogP contribution in [0.5, 0.6) is 0 Å². The lowest BCUT2D eigenvalue weighted by atomic mass is 10.1. The molecule has 22 heavy (non-hydrogen) atoms. The van der Waals surface area contributed by atoms with Crippen LogP contribution in [0.2, 0.25) is 0 Å². The number of hydrogen-bond acceptors (Lipinski definition) is 3. The maximum absolute atomic E-state index is 12.9. The Morgan fingerprint density at radius 2 is 2.00 bits per heavy atom. The molecule has 4 N–H and O–H groups in total. The number of nitrogen functional groups attached to an aromatic ring is 1. The lowest BCUT2D eigenvalue weighted by Crippen LogP contribution is -2.30. The fourth-order valence-electron chi connectivity index (χ4n) is 2.54. The zero-order valence-electron chi connectivity index (χ0n) is 12.1. The van der Waals surface area contributed by atoms with E-state index < -0.39 is 0 Å². The summed E-state index contributed by atoms with van der Waals surface area (Å²) in [7, 11) is 0. The van der Waals surface area contributed by atoms with Crippen LogP contribution in [0.4, 0.5) is 15.8 Å². The van der Waals surface area contributed by atoms with Gasteiger partial charge in [-0.15, -0.1) is 0 Å². The number of rotatable bonds is 5. The summed E-state index contributed by atoms with van der Waals surface area (Å²) < 4.78 is 12.9. The first-order chi connectivity index (χ1) is 10.6. The molecule has 114 valence electrons. The van der Waals surface area contributed by atoms with E-state index in [9.17, 15) is 9.18 Å². The van der Waals surface area contributed by atoms with Gasteiger partial charge in [-0.1, -0.05) is 18.2 Å². The minimum atomic E-state index is -0.226. The SMILES string of the molecule is Nc1cccc(NC(=O)CNC2CC2c2ccc(F)cc2)c1. The van der Waals surface area contributed by atoms with Gasteiger partial charge in [-0.05, 0) is 42.3 Å². The minimum absolute atomic E-state index is 0.102. The van der Waals surface area contributed by atoms with Crippen LogP contribution in [-0.2, 0) is 4.79 Å². The lowest BCUT2D eigenvalue weighted by Gasteiger charge is -2.07. The molecule has 1 saturated carbocycles. The quantitative estimate of drug-likeness (QED) is 0.743. The fourth-order valence-corrected chi connectivity index (χ4v) is 2.54. The Morgan fingerprint density at radius 3 is 2.73 bits per heavy atom. The molecule has 2 aromatic carbocycles.